The fraction of sp³-hybridized carbons (Fsp3) is 0.217. The molecule has 2 aromatic carbocycles. The smallest absolute Gasteiger partial charge is 0.260 e. The first-order valence-corrected chi connectivity index (χ1v) is 10.7. The molecule has 4 rings (SSSR count). The number of aromatic amines is 1. The third-order valence-corrected chi connectivity index (χ3v) is 6.42. The Morgan fingerprint density at radius 1 is 1.14 bits per heavy atom. The van der Waals surface area contributed by atoms with E-state index in [0.29, 0.717) is 17.8 Å². The molecule has 0 saturated heterocycles. The predicted molar refractivity (Wildman–Crippen MR) is 122 cm³/mol. The molecule has 4 aromatic rings. The lowest BCUT2D eigenvalue weighted by molar-refractivity contribution is 0.560. The second kappa shape index (κ2) is 8.11. The summed E-state index contributed by atoms with van der Waals surface area (Å²) < 4.78 is 0. The SMILES string of the molecule is Cc1ccc(-c2c(C)sc3nc(CNC(C)c4ccccc4Cl)[nH]c(=O)c23)cc1. The maximum Gasteiger partial charge on any atom is 0.260 e. The van der Waals surface area contributed by atoms with Crippen LogP contribution in [0.5, 0.6) is 0 Å². The lowest BCUT2D eigenvalue weighted by atomic mass is 10.0. The van der Waals surface area contributed by atoms with Crippen molar-refractivity contribution in [2.45, 2.75) is 33.4 Å². The van der Waals surface area contributed by atoms with Crippen LogP contribution in [0.3, 0.4) is 0 Å². The Bertz CT molecular complexity index is 1230. The summed E-state index contributed by atoms with van der Waals surface area (Å²) in [4.78, 5) is 22.4. The number of nitrogens with one attached hydrogen (secondary N) is 2. The maximum atomic E-state index is 12.9. The van der Waals surface area contributed by atoms with E-state index in [9.17, 15) is 4.79 Å². The zero-order valence-electron chi connectivity index (χ0n) is 16.5. The molecule has 0 radical (unpaired) electrons. The van der Waals surface area contributed by atoms with Crippen LogP contribution in [0.15, 0.2) is 53.3 Å². The molecule has 0 aliphatic rings. The third kappa shape index (κ3) is 3.99. The number of rotatable bonds is 5. The van der Waals surface area contributed by atoms with Crippen LogP contribution in [-0.2, 0) is 6.54 Å². The molecule has 0 bridgehead atoms. The van der Waals surface area contributed by atoms with E-state index in [1.54, 1.807) is 11.3 Å². The van der Waals surface area contributed by atoms with Crippen LogP contribution in [0.1, 0.15) is 34.8 Å². The van der Waals surface area contributed by atoms with Gasteiger partial charge >= 0.3 is 0 Å². The van der Waals surface area contributed by atoms with Crippen LogP contribution in [0, 0.1) is 13.8 Å². The number of nitrogens with zero attached hydrogens (tertiary/aromatic N) is 1. The topological polar surface area (TPSA) is 57.8 Å². The van der Waals surface area contributed by atoms with E-state index in [2.05, 4.69) is 41.5 Å². The lowest BCUT2D eigenvalue weighted by Gasteiger charge is -2.15. The Hall–Kier alpha value is -2.47. The molecule has 2 heterocycles. The van der Waals surface area contributed by atoms with Gasteiger partial charge in [0.25, 0.3) is 5.56 Å². The van der Waals surface area contributed by atoms with Gasteiger partial charge in [-0.1, -0.05) is 59.6 Å². The predicted octanol–water partition coefficient (Wildman–Crippen LogP) is 5.77. The molecular formula is C23H22ClN3OS. The number of hydrogen-bond donors (Lipinski definition) is 2. The van der Waals surface area contributed by atoms with Crippen LogP contribution in [0.25, 0.3) is 21.3 Å². The molecule has 2 N–H and O–H groups in total. The normalized spacial score (nSPS) is 12.4. The molecule has 0 aliphatic carbocycles. The van der Waals surface area contributed by atoms with E-state index in [4.69, 9.17) is 16.6 Å². The molecular weight excluding hydrogens is 402 g/mol. The lowest BCUT2D eigenvalue weighted by Crippen LogP contribution is -2.22. The van der Waals surface area contributed by atoms with Crippen molar-refractivity contribution in [2.24, 2.45) is 0 Å². The van der Waals surface area contributed by atoms with E-state index in [1.807, 2.05) is 38.1 Å². The molecule has 4 nitrogen and oxygen atoms in total. The quantitative estimate of drug-likeness (QED) is 0.428. The Labute approximate surface area is 178 Å². The number of benzene rings is 2. The zero-order valence-corrected chi connectivity index (χ0v) is 18.1. The van der Waals surface area contributed by atoms with E-state index >= 15 is 0 Å². The van der Waals surface area contributed by atoms with Gasteiger partial charge in [-0.05, 0) is 38.0 Å². The number of H-pyrrole nitrogens is 1. The average molecular weight is 424 g/mol. The number of hydrogen-bond acceptors (Lipinski definition) is 4. The van der Waals surface area contributed by atoms with Crippen molar-refractivity contribution in [1.82, 2.24) is 15.3 Å². The highest BCUT2D eigenvalue weighted by molar-refractivity contribution is 7.19. The van der Waals surface area contributed by atoms with Crippen molar-refractivity contribution in [3.63, 3.8) is 0 Å². The Morgan fingerprint density at radius 3 is 2.59 bits per heavy atom. The second-order valence-electron chi connectivity index (χ2n) is 7.22. The van der Waals surface area contributed by atoms with Gasteiger partial charge in [0.1, 0.15) is 10.7 Å². The number of aryl methyl sites for hydroxylation is 2. The van der Waals surface area contributed by atoms with Crippen molar-refractivity contribution in [2.75, 3.05) is 0 Å². The standard InChI is InChI=1S/C23H22ClN3OS/c1-13-8-10-16(11-9-13)20-15(3)29-23-21(20)22(28)26-19(27-23)12-25-14(2)17-6-4-5-7-18(17)24/h4-11,14,25H,12H2,1-3H3,(H,26,27,28). The van der Waals surface area contributed by atoms with Gasteiger partial charge < -0.3 is 10.3 Å². The van der Waals surface area contributed by atoms with Gasteiger partial charge in [-0.2, -0.15) is 0 Å². The van der Waals surface area contributed by atoms with Crippen molar-refractivity contribution < 1.29 is 0 Å². The summed E-state index contributed by atoms with van der Waals surface area (Å²) in [6.07, 6.45) is 0. The Morgan fingerprint density at radius 2 is 1.86 bits per heavy atom. The first-order valence-electron chi connectivity index (χ1n) is 9.51. The van der Waals surface area contributed by atoms with Crippen molar-refractivity contribution in [3.05, 3.63) is 85.7 Å². The highest BCUT2D eigenvalue weighted by Crippen LogP contribution is 2.35. The van der Waals surface area contributed by atoms with Crippen LogP contribution in [0.2, 0.25) is 5.02 Å². The first kappa shape index (κ1) is 19.8. The summed E-state index contributed by atoms with van der Waals surface area (Å²) in [6.45, 7) is 6.59. The van der Waals surface area contributed by atoms with Gasteiger partial charge in [-0.3, -0.25) is 4.79 Å². The number of thiophene rings is 1. The van der Waals surface area contributed by atoms with Gasteiger partial charge in [0.15, 0.2) is 0 Å². The van der Waals surface area contributed by atoms with Crippen molar-refractivity contribution in [1.29, 1.82) is 0 Å². The fourth-order valence-corrected chi connectivity index (χ4v) is 4.87. The van der Waals surface area contributed by atoms with E-state index in [1.165, 1.54) is 5.56 Å². The van der Waals surface area contributed by atoms with Gasteiger partial charge in [-0.25, -0.2) is 4.98 Å². The van der Waals surface area contributed by atoms with Gasteiger partial charge in [0, 0.05) is 21.5 Å². The van der Waals surface area contributed by atoms with Gasteiger partial charge in [0.2, 0.25) is 0 Å². The second-order valence-corrected chi connectivity index (χ2v) is 8.83. The van der Waals surface area contributed by atoms with E-state index in [-0.39, 0.29) is 11.6 Å². The van der Waals surface area contributed by atoms with Crippen molar-refractivity contribution in [3.8, 4) is 11.1 Å². The molecule has 148 valence electrons. The summed E-state index contributed by atoms with van der Waals surface area (Å²) in [5.41, 5.74) is 4.13. The van der Waals surface area contributed by atoms with E-state index in [0.717, 1.165) is 31.4 Å². The molecule has 29 heavy (non-hydrogen) atoms. The van der Waals surface area contributed by atoms with Crippen LogP contribution < -0.4 is 10.9 Å². The molecule has 1 unspecified atom stereocenters. The molecule has 0 spiro atoms. The molecule has 6 heteroatoms. The highest BCUT2D eigenvalue weighted by Gasteiger charge is 2.17. The van der Waals surface area contributed by atoms with Crippen LogP contribution in [-0.4, -0.2) is 9.97 Å². The molecule has 0 saturated carbocycles. The number of halogens is 1. The molecule has 0 fully saturated rings. The maximum absolute atomic E-state index is 12.9. The summed E-state index contributed by atoms with van der Waals surface area (Å²) in [5.74, 6) is 0.623. The van der Waals surface area contributed by atoms with Crippen LogP contribution >= 0.6 is 22.9 Å². The van der Waals surface area contributed by atoms with Gasteiger partial charge in [-0.15, -0.1) is 11.3 Å². The summed E-state index contributed by atoms with van der Waals surface area (Å²) in [6, 6.07) is 16.0. The zero-order chi connectivity index (χ0) is 20.5. The average Bonchev–Trinajstić information content (AvgIpc) is 3.03. The monoisotopic (exact) mass is 423 g/mol. The number of aromatic nitrogens is 2. The Balaban J connectivity index is 1.64. The highest BCUT2D eigenvalue weighted by atomic mass is 35.5. The Kier molecular flexibility index (Phi) is 5.54. The largest absolute Gasteiger partial charge is 0.309 e. The fourth-order valence-electron chi connectivity index (χ4n) is 3.50. The van der Waals surface area contributed by atoms with Gasteiger partial charge in [0.05, 0.1) is 11.9 Å². The number of fused-ring (bicyclic) bond motifs is 1. The summed E-state index contributed by atoms with van der Waals surface area (Å²) in [5, 5.41) is 4.78. The molecule has 0 aliphatic heterocycles. The minimum Gasteiger partial charge on any atom is -0.309 e. The van der Waals surface area contributed by atoms with Crippen LogP contribution in [0.4, 0.5) is 0 Å². The molecule has 2 aromatic heterocycles. The summed E-state index contributed by atoms with van der Waals surface area (Å²) in [7, 11) is 0. The third-order valence-electron chi connectivity index (χ3n) is 5.07. The first-order chi connectivity index (χ1) is 13.9. The minimum atomic E-state index is -0.0999. The minimum absolute atomic E-state index is 0.0397. The molecule has 0 amide bonds. The van der Waals surface area contributed by atoms with E-state index < -0.39 is 0 Å². The van der Waals surface area contributed by atoms with Crippen molar-refractivity contribution >= 4 is 33.2 Å². The summed E-state index contributed by atoms with van der Waals surface area (Å²) >= 11 is 7.84. The molecule has 1 atom stereocenters.